The van der Waals surface area contributed by atoms with Crippen molar-refractivity contribution in [2.75, 3.05) is 38.0 Å². The average Bonchev–Trinajstić information content (AvgIpc) is 2.84. The van der Waals surface area contributed by atoms with Crippen LogP contribution in [0, 0.1) is 0 Å². The Hall–Kier alpha value is -3.92. The lowest BCUT2D eigenvalue weighted by Gasteiger charge is -2.15. The lowest BCUT2D eigenvalue weighted by Crippen LogP contribution is -2.17. The number of nitrogens with one attached hydrogen (secondary N) is 2. The number of carbonyl (C=O) groups is 1. The van der Waals surface area contributed by atoms with Crippen molar-refractivity contribution in [1.29, 1.82) is 0 Å². The third-order valence-electron chi connectivity index (χ3n) is 4.76. The largest absolute Gasteiger partial charge is 0.497 e. The van der Waals surface area contributed by atoms with Gasteiger partial charge in [-0.3, -0.25) is 9.52 Å². The Morgan fingerprint density at radius 1 is 0.794 bits per heavy atom. The third-order valence-corrected chi connectivity index (χ3v) is 6.13. The Bertz CT molecular complexity index is 1230. The fourth-order valence-corrected chi connectivity index (χ4v) is 4.13. The highest BCUT2D eigenvalue weighted by molar-refractivity contribution is 7.92. The first-order chi connectivity index (χ1) is 16.4. The molecule has 0 saturated carbocycles. The summed E-state index contributed by atoms with van der Waals surface area (Å²) >= 11 is 0. The Balaban J connectivity index is 1.68. The third kappa shape index (κ3) is 6.32. The maximum Gasteiger partial charge on any atom is 0.262 e. The van der Waals surface area contributed by atoms with Crippen LogP contribution in [0.2, 0.25) is 0 Å². The van der Waals surface area contributed by atoms with Gasteiger partial charge in [-0.25, -0.2) is 8.42 Å². The number of rotatable bonds is 11. The molecule has 34 heavy (non-hydrogen) atoms. The topological polar surface area (TPSA) is 112 Å². The zero-order valence-corrected chi connectivity index (χ0v) is 19.8. The zero-order chi connectivity index (χ0) is 24.6. The van der Waals surface area contributed by atoms with E-state index < -0.39 is 10.0 Å². The van der Waals surface area contributed by atoms with Gasteiger partial charge >= 0.3 is 0 Å². The number of sulfonamides is 1. The average molecular weight is 487 g/mol. The zero-order valence-electron chi connectivity index (χ0n) is 19.0. The molecule has 0 heterocycles. The van der Waals surface area contributed by atoms with Crippen LogP contribution in [0.5, 0.6) is 23.0 Å². The Morgan fingerprint density at radius 2 is 1.44 bits per heavy atom. The number of methoxy groups -OCH3 is 3. The number of hydrogen-bond acceptors (Lipinski definition) is 7. The number of benzene rings is 3. The highest BCUT2D eigenvalue weighted by Crippen LogP contribution is 2.30. The maximum atomic E-state index is 12.9. The van der Waals surface area contributed by atoms with E-state index in [2.05, 4.69) is 10.0 Å². The summed E-state index contributed by atoms with van der Waals surface area (Å²) in [5.41, 5.74) is 0.516. The van der Waals surface area contributed by atoms with Gasteiger partial charge in [0.15, 0.2) is 0 Å². The second-order valence-corrected chi connectivity index (χ2v) is 8.67. The standard InChI is InChI=1S/C24H26N2O7S/c1-30-17-8-10-18(11-9-17)33-15-14-24(27)25-21-16-19(12-13-23(21)32-3)34(28,29)26-20-6-4-5-7-22(20)31-2/h4-13,16,26H,14-15H2,1-3H3,(H,25,27). The predicted octanol–water partition coefficient (Wildman–Crippen LogP) is 3.92. The van der Waals surface area contributed by atoms with Gasteiger partial charge in [-0.1, -0.05) is 12.1 Å². The summed E-state index contributed by atoms with van der Waals surface area (Å²) in [7, 11) is 0.493. The molecule has 1 amide bonds. The molecule has 180 valence electrons. The highest BCUT2D eigenvalue weighted by atomic mass is 32.2. The first-order valence-corrected chi connectivity index (χ1v) is 11.7. The molecule has 3 aromatic carbocycles. The summed E-state index contributed by atoms with van der Waals surface area (Å²) in [5.74, 6) is 1.64. The molecule has 0 aromatic heterocycles. The summed E-state index contributed by atoms with van der Waals surface area (Å²) in [5, 5.41) is 2.68. The molecule has 0 radical (unpaired) electrons. The molecule has 0 atom stereocenters. The molecule has 0 fully saturated rings. The van der Waals surface area contributed by atoms with Crippen LogP contribution in [0.4, 0.5) is 11.4 Å². The van der Waals surface area contributed by atoms with Gasteiger partial charge in [-0.2, -0.15) is 0 Å². The van der Waals surface area contributed by atoms with Crippen molar-refractivity contribution in [2.24, 2.45) is 0 Å². The van der Waals surface area contributed by atoms with Crippen molar-refractivity contribution in [2.45, 2.75) is 11.3 Å². The smallest absolute Gasteiger partial charge is 0.262 e. The number of amides is 1. The minimum absolute atomic E-state index is 0.0472. The van der Waals surface area contributed by atoms with Crippen LogP contribution in [0.1, 0.15) is 6.42 Å². The molecule has 0 aliphatic carbocycles. The maximum absolute atomic E-state index is 12.9. The molecule has 0 bridgehead atoms. The lowest BCUT2D eigenvalue weighted by molar-refractivity contribution is -0.116. The Kier molecular flexibility index (Phi) is 8.20. The predicted molar refractivity (Wildman–Crippen MR) is 129 cm³/mol. The fraction of sp³-hybridized carbons (Fsp3) is 0.208. The minimum atomic E-state index is -3.96. The van der Waals surface area contributed by atoms with Gasteiger partial charge in [0, 0.05) is 0 Å². The van der Waals surface area contributed by atoms with Crippen molar-refractivity contribution in [3.05, 3.63) is 66.7 Å². The van der Waals surface area contributed by atoms with E-state index in [1.165, 1.54) is 32.4 Å². The molecule has 0 saturated heterocycles. The highest BCUT2D eigenvalue weighted by Gasteiger charge is 2.19. The van der Waals surface area contributed by atoms with Crippen LogP contribution in [-0.4, -0.2) is 42.3 Å². The molecule has 3 rings (SSSR count). The van der Waals surface area contributed by atoms with E-state index in [4.69, 9.17) is 18.9 Å². The molecular formula is C24H26N2O7S. The Morgan fingerprint density at radius 3 is 2.12 bits per heavy atom. The molecule has 9 nitrogen and oxygen atoms in total. The first-order valence-electron chi connectivity index (χ1n) is 10.3. The second kappa shape index (κ2) is 11.3. The first kappa shape index (κ1) is 24.7. The molecular weight excluding hydrogens is 460 g/mol. The summed E-state index contributed by atoms with van der Waals surface area (Å²) in [4.78, 5) is 12.4. The molecule has 2 N–H and O–H groups in total. The van der Waals surface area contributed by atoms with E-state index in [-0.39, 0.29) is 29.5 Å². The van der Waals surface area contributed by atoms with Gasteiger partial charge in [-0.15, -0.1) is 0 Å². The normalized spacial score (nSPS) is 10.8. The van der Waals surface area contributed by atoms with Crippen LogP contribution in [0.15, 0.2) is 71.6 Å². The molecule has 0 spiro atoms. The number of anilines is 2. The Labute approximate surface area is 198 Å². The lowest BCUT2D eigenvalue weighted by atomic mass is 10.2. The molecule has 0 aliphatic rings. The van der Waals surface area contributed by atoms with Crippen molar-refractivity contribution >= 4 is 27.3 Å². The van der Waals surface area contributed by atoms with E-state index in [1.807, 2.05) is 0 Å². The molecule has 0 aliphatic heterocycles. The van der Waals surface area contributed by atoms with E-state index in [1.54, 1.807) is 55.6 Å². The van der Waals surface area contributed by atoms with Crippen LogP contribution in [-0.2, 0) is 14.8 Å². The molecule has 3 aromatic rings. The second-order valence-electron chi connectivity index (χ2n) is 6.99. The van der Waals surface area contributed by atoms with E-state index in [0.29, 0.717) is 28.7 Å². The van der Waals surface area contributed by atoms with Gasteiger partial charge in [0.1, 0.15) is 23.0 Å². The van der Waals surface area contributed by atoms with Crippen LogP contribution in [0.3, 0.4) is 0 Å². The van der Waals surface area contributed by atoms with Crippen LogP contribution < -0.4 is 29.0 Å². The van der Waals surface area contributed by atoms with Crippen molar-refractivity contribution < 1.29 is 32.2 Å². The molecule has 0 unspecified atom stereocenters. The van der Waals surface area contributed by atoms with E-state index >= 15 is 0 Å². The van der Waals surface area contributed by atoms with Gasteiger partial charge < -0.3 is 24.3 Å². The SMILES string of the molecule is COc1ccc(OCCC(=O)Nc2cc(S(=O)(=O)Nc3ccccc3OC)ccc2OC)cc1. The number of hydrogen-bond donors (Lipinski definition) is 2. The van der Waals surface area contributed by atoms with Crippen molar-refractivity contribution in [3.63, 3.8) is 0 Å². The van der Waals surface area contributed by atoms with Crippen LogP contribution in [0.25, 0.3) is 0 Å². The summed E-state index contributed by atoms with van der Waals surface area (Å²) in [6.45, 7) is 0.133. The van der Waals surface area contributed by atoms with Gasteiger partial charge in [0.2, 0.25) is 5.91 Å². The van der Waals surface area contributed by atoms with Gasteiger partial charge in [0.25, 0.3) is 10.0 Å². The summed E-state index contributed by atoms with van der Waals surface area (Å²) in [6, 6.07) is 17.8. The summed E-state index contributed by atoms with van der Waals surface area (Å²) in [6.07, 6.45) is 0.0472. The molecule has 10 heteroatoms. The fourth-order valence-electron chi connectivity index (χ4n) is 3.03. The monoisotopic (exact) mass is 486 g/mol. The van der Waals surface area contributed by atoms with Crippen molar-refractivity contribution in [3.8, 4) is 23.0 Å². The van der Waals surface area contributed by atoms with E-state index in [9.17, 15) is 13.2 Å². The number of carbonyl (C=O) groups excluding carboxylic acids is 1. The van der Waals surface area contributed by atoms with E-state index in [0.717, 1.165) is 0 Å². The quantitative estimate of drug-likeness (QED) is 0.422. The summed E-state index contributed by atoms with van der Waals surface area (Å²) < 4.78 is 49.5. The van der Waals surface area contributed by atoms with Crippen molar-refractivity contribution in [1.82, 2.24) is 0 Å². The van der Waals surface area contributed by atoms with Crippen LogP contribution >= 0.6 is 0 Å². The minimum Gasteiger partial charge on any atom is -0.497 e. The number of para-hydroxylation sites is 2. The number of ether oxygens (including phenoxy) is 4. The van der Waals surface area contributed by atoms with Gasteiger partial charge in [0.05, 0.1) is 50.6 Å². The van der Waals surface area contributed by atoms with Gasteiger partial charge in [-0.05, 0) is 54.6 Å².